The molecule has 0 spiro atoms. The maximum atomic E-state index is 11.3. The van der Waals surface area contributed by atoms with Crippen molar-refractivity contribution in [2.75, 3.05) is 11.2 Å². The lowest BCUT2D eigenvalue weighted by atomic mass is 10.3. The van der Waals surface area contributed by atoms with E-state index in [1.54, 1.807) is 18.3 Å². The van der Waals surface area contributed by atoms with Gasteiger partial charge in [0.2, 0.25) is 5.91 Å². The minimum atomic E-state index is -0.119. The third-order valence-electron chi connectivity index (χ3n) is 1.55. The first-order valence-corrected chi connectivity index (χ1v) is 5.11. The lowest BCUT2D eigenvalue weighted by molar-refractivity contribution is -0.116. The van der Waals surface area contributed by atoms with E-state index in [2.05, 4.69) is 10.3 Å². The Bertz CT molecular complexity index is 317. The van der Waals surface area contributed by atoms with Crippen molar-refractivity contribution in [2.24, 2.45) is 0 Å². The third-order valence-corrected chi connectivity index (χ3v) is 2.13. The van der Waals surface area contributed by atoms with E-state index < -0.39 is 0 Å². The number of hydrogen-bond donors (Lipinski definition) is 1. The van der Waals surface area contributed by atoms with Crippen molar-refractivity contribution >= 4 is 34.9 Å². The van der Waals surface area contributed by atoms with E-state index in [1.165, 1.54) is 0 Å². The highest BCUT2D eigenvalue weighted by atomic mass is 35.5. The molecule has 76 valence electrons. The smallest absolute Gasteiger partial charge is 0.225 e. The minimum Gasteiger partial charge on any atom is -0.309 e. The number of carbonyl (C=O) groups is 1. The Hall–Kier alpha value is -0.800. The third kappa shape index (κ3) is 3.52. The first-order chi connectivity index (χ1) is 6.74. The van der Waals surface area contributed by atoms with Crippen LogP contribution in [-0.4, -0.2) is 16.8 Å². The number of rotatable bonds is 4. The second-order valence-electron chi connectivity index (χ2n) is 2.67. The van der Waals surface area contributed by atoms with E-state index in [1.807, 2.05) is 0 Å². The van der Waals surface area contributed by atoms with E-state index in [0.29, 0.717) is 29.6 Å². The van der Waals surface area contributed by atoms with Crippen LogP contribution in [0.2, 0.25) is 5.02 Å². The predicted molar refractivity (Wildman–Crippen MR) is 57.8 cm³/mol. The topological polar surface area (TPSA) is 42.0 Å². The Kier molecular flexibility index (Phi) is 4.70. The van der Waals surface area contributed by atoms with Crippen LogP contribution in [0.25, 0.3) is 0 Å². The molecule has 1 N–H and O–H groups in total. The highest BCUT2D eigenvalue weighted by molar-refractivity contribution is 6.33. The van der Waals surface area contributed by atoms with Crippen molar-refractivity contribution in [2.45, 2.75) is 12.8 Å². The Morgan fingerprint density at radius 3 is 3.00 bits per heavy atom. The predicted octanol–water partition coefficient (Wildman–Crippen LogP) is 2.69. The average Bonchev–Trinajstić information content (AvgIpc) is 2.18. The summed E-state index contributed by atoms with van der Waals surface area (Å²) in [5.41, 5.74) is 0. The van der Waals surface area contributed by atoms with Crippen LogP contribution >= 0.6 is 23.2 Å². The molecule has 1 heterocycles. The summed E-state index contributed by atoms with van der Waals surface area (Å²) >= 11 is 11.3. The molecule has 14 heavy (non-hydrogen) atoms. The molecule has 0 unspecified atom stereocenters. The number of nitrogens with one attached hydrogen (secondary N) is 1. The van der Waals surface area contributed by atoms with E-state index in [4.69, 9.17) is 23.2 Å². The number of hydrogen-bond acceptors (Lipinski definition) is 2. The highest BCUT2D eigenvalue weighted by Crippen LogP contribution is 2.17. The van der Waals surface area contributed by atoms with Crippen LogP contribution in [0.5, 0.6) is 0 Å². The van der Waals surface area contributed by atoms with Gasteiger partial charge in [0.1, 0.15) is 0 Å². The van der Waals surface area contributed by atoms with Gasteiger partial charge >= 0.3 is 0 Å². The van der Waals surface area contributed by atoms with Crippen LogP contribution in [0.1, 0.15) is 12.8 Å². The summed E-state index contributed by atoms with van der Waals surface area (Å²) in [5.74, 6) is 0.753. The first-order valence-electron chi connectivity index (χ1n) is 4.20. The molecule has 1 aromatic rings. The van der Waals surface area contributed by atoms with Crippen LogP contribution in [-0.2, 0) is 4.79 Å². The molecule has 0 fully saturated rings. The normalized spacial score (nSPS) is 9.86. The second kappa shape index (κ2) is 5.83. The van der Waals surface area contributed by atoms with Gasteiger partial charge in [-0.05, 0) is 18.6 Å². The number of halogens is 2. The monoisotopic (exact) mass is 232 g/mol. The lowest BCUT2D eigenvalue weighted by Gasteiger charge is -2.04. The molecule has 0 radical (unpaired) electrons. The number of alkyl halides is 1. The van der Waals surface area contributed by atoms with E-state index in [-0.39, 0.29) is 5.91 Å². The largest absolute Gasteiger partial charge is 0.309 e. The zero-order valence-corrected chi connectivity index (χ0v) is 8.98. The molecule has 0 aliphatic carbocycles. The lowest BCUT2D eigenvalue weighted by Crippen LogP contribution is -2.12. The van der Waals surface area contributed by atoms with Crippen LogP contribution < -0.4 is 5.32 Å². The van der Waals surface area contributed by atoms with Crippen molar-refractivity contribution < 1.29 is 4.79 Å². The summed E-state index contributed by atoms with van der Waals surface area (Å²) in [7, 11) is 0. The summed E-state index contributed by atoms with van der Waals surface area (Å²) < 4.78 is 0. The molecule has 0 bridgehead atoms. The molecular weight excluding hydrogens is 223 g/mol. The molecule has 1 amide bonds. The zero-order chi connectivity index (χ0) is 10.4. The number of anilines is 1. The van der Waals surface area contributed by atoms with Crippen molar-refractivity contribution in [1.82, 2.24) is 4.98 Å². The Labute approximate surface area is 92.4 Å². The Morgan fingerprint density at radius 1 is 1.57 bits per heavy atom. The fourth-order valence-corrected chi connectivity index (χ4v) is 1.20. The number of carbonyl (C=O) groups excluding carboxylic acids is 1. The standard InChI is InChI=1S/C9H10Cl2N2O/c10-5-1-4-8(14)13-9-7(11)3-2-6-12-9/h2-3,6H,1,4-5H2,(H,12,13,14). The van der Waals surface area contributed by atoms with E-state index in [9.17, 15) is 4.79 Å². The minimum absolute atomic E-state index is 0.119. The molecule has 5 heteroatoms. The van der Waals surface area contributed by atoms with Gasteiger partial charge in [-0.15, -0.1) is 11.6 Å². The first kappa shape index (κ1) is 11.3. The Balaban J connectivity index is 2.52. The van der Waals surface area contributed by atoms with E-state index >= 15 is 0 Å². The second-order valence-corrected chi connectivity index (χ2v) is 3.46. The van der Waals surface area contributed by atoms with Crippen LogP contribution in [0.15, 0.2) is 18.3 Å². The van der Waals surface area contributed by atoms with Gasteiger partial charge in [-0.1, -0.05) is 11.6 Å². The molecule has 1 rings (SSSR count). The van der Waals surface area contributed by atoms with Gasteiger partial charge in [-0.25, -0.2) is 4.98 Å². The number of pyridine rings is 1. The molecule has 3 nitrogen and oxygen atoms in total. The summed E-state index contributed by atoms with van der Waals surface area (Å²) in [6, 6.07) is 3.38. The maximum absolute atomic E-state index is 11.3. The summed E-state index contributed by atoms with van der Waals surface area (Å²) in [6.07, 6.45) is 2.61. The molecule has 0 aliphatic rings. The van der Waals surface area contributed by atoms with Gasteiger partial charge in [-0.3, -0.25) is 4.79 Å². The number of aromatic nitrogens is 1. The number of nitrogens with zero attached hydrogens (tertiary/aromatic N) is 1. The van der Waals surface area contributed by atoms with Gasteiger partial charge in [0.25, 0.3) is 0 Å². The molecule has 0 aliphatic heterocycles. The molecule has 0 saturated heterocycles. The van der Waals surface area contributed by atoms with Gasteiger partial charge in [-0.2, -0.15) is 0 Å². The van der Waals surface area contributed by atoms with Gasteiger partial charge in [0.15, 0.2) is 5.82 Å². The maximum Gasteiger partial charge on any atom is 0.225 e. The summed E-state index contributed by atoms with van der Waals surface area (Å²) in [6.45, 7) is 0. The van der Waals surface area contributed by atoms with Crippen molar-refractivity contribution in [1.29, 1.82) is 0 Å². The van der Waals surface area contributed by atoms with Gasteiger partial charge in [0.05, 0.1) is 5.02 Å². The highest BCUT2D eigenvalue weighted by Gasteiger charge is 2.05. The van der Waals surface area contributed by atoms with Gasteiger partial charge < -0.3 is 5.32 Å². The van der Waals surface area contributed by atoms with Crippen molar-refractivity contribution in [3.05, 3.63) is 23.4 Å². The van der Waals surface area contributed by atoms with Gasteiger partial charge in [0, 0.05) is 18.5 Å². The number of amides is 1. The fourth-order valence-electron chi connectivity index (χ4n) is 0.900. The van der Waals surface area contributed by atoms with Crippen molar-refractivity contribution in [3.63, 3.8) is 0 Å². The van der Waals surface area contributed by atoms with Crippen LogP contribution in [0.3, 0.4) is 0 Å². The van der Waals surface area contributed by atoms with Crippen molar-refractivity contribution in [3.8, 4) is 0 Å². The molecule has 0 atom stereocenters. The van der Waals surface area contributed by atoms with Crippen LogP contribution in [0.4, 0.5) is 5.82 Å². The molecule has 0 saturated carbocycles. The fraction of sp³-hybridized carbons (Fsp3) is 0.333. The average molecular weight is 233 g/mol. The Morgan fingerprint density at radius 2 is 2.36 bits per heavy atom. The van der Waals surface area contributed by atoms with Crippen LogP contribution in [0, 0.1) is 0 Å². The molecular formula is C9H10Cl2N2O. The zero-order valence-electron chi connectivity index (χ0n) is 7.46. The summed E-state index contributed by atoms with van der Waals surface area (Å²) in [4.78, 5) is 15.2. The quantitative estimate of drug-likeness (QED) is 0.812. The SMILES string of the molecule is O=C(CCCCl)Nc1ncccc1Cl. The van der Waals surface area contributed by atoms with E-state index in [0.717, 1.165) is 0 Å². The molecule has 0 aromatic carbocycles. The summed E-state index contributed by atoms with van der Waals surface area (Å²) in [5, 5.41) is 3.04. The molecule has 1 aromatic heterocycles.